The minimum absolute atomic E-state index is 0.0199. The van der Waals surface area contributed by atoms with Gasteiger partial charge in [0.15, 0.2) is 0 Å². The topological polar surface area (TPSA) is 131 Å². The highest BCUT2D eigenvalue weighted by Gasteiger charge is 2.24. The number of amides is 1. The number of aliphatic hydroxyl groups is 1. The fourth-order valence-electron chi connectivity index (χ4n) is 4.34. The number of carboxylic acid groups (broad SMARTS) is 1. The summed E-state index contributed by atoms with van der Waals surface area (Å²) < 4.78 is 2.44. The average molecular weight is 570 g/mol. The van der Waals surface area contributed by atoms with Crippen molar-refractivity contribution in [3.05, 3.63) is 108 Å². The zero-order valence-electron chi connectivity index (χ0n) is 20.9. The first-order chi connectivity index (χ1) is 18.6. The summed E-state index contributed by atoms with van der Waals surface area (Å²) in [5.41, 5.74) is 1.18. The van der Waals surface area contributed by atoms with E-state index in [1.54, 1.807) is 49.5 Å². The Labute approximate surface area is 232 Å². The number of hydrogen-bond acceptors (Lipinski definition) is 5. The first-order valence-corrected chi connectivity index (χ1v) is 12.8. The van der Waals surface area contributed by atoms with E-state index >= 15 is 0 Å². The summed E-state index contributed by atoms with van der Waals surface area (Å²) >= 11 is 12.1. The minimum Gasteiger partial charge on any atom is -0.480 e. The lowest BCUT2D eigenvalue weighted by molar-refractivity contribution is -0.139. The maximum atomic E-state index is 13.3. The molecule has 0 unspecified atom stereocenters. The van der Waals surface area contributed by atoms with E-state index in [4.69, 9.17) is 28.3 Å². The molecule has 0 bridgehead atoms. The maximum Gasteiger partial charge on any atom is 0.335 e. The molecule has 1 heterocycles. The molecular formula is C28H25Cl2N3O6. The Morgan fingerprint density at radius 3 is 2.23 bits per heavy atom. The number of carbonyl (C=O) groups is 2. The summed E-state index contributed by atoms with van der Waals surface area (Å²) in [4.78, 5) is 51.0. The van der Waals surface area contributed by atoms with Crippen LogP contribution in [0.5, 0.6) is 0 Å². The number of nitrogens with one attached hydrogen (secondary N) is 1. The molecule has 0 aliphatic carbocycles. The van der Waals surface area contributed by atoms with Gasteiger partial charge in [0.2, 0.25) is 0 Å². The van der Waals surface area contributed by atoms with Gasteiger partial charge in [0.05, 0.1) is 32.2 Å². The predicted octanol–water partition coefficient (Wildman–Crippen LogP) is 3.35. The molecule has 4 aromatic rings. The van der Waals surface area contributed by atoms with Crippen molar-refractivity contribution in [1.82, 2.24) is 14.5 Å². The molecule has 0 radical (unpaired) electrons. The molecule has 3 aromatic carbocycles. The standard InChI is InChI=1S/C28H25Cl2N3O6/c1-32-23-12-9-16(4-3-13-34)14-19(23)26(36)33(28(32)39)18-10-7-17(8-11-18)15-22(27(37)38)31-25(35)24-20(29)5-2-6-21(24)30/h2,5-12,14,22,34H,3-4,13,15H2,1H3,(H,31,35)(H,37,38)/t22-/m0/s1. The largest absolute Gasteiger partial charge is 0.480 e. The predicted molar refractivity (Wildman–Crippen MR) is 149 cm³/mol. The quantitative estimate of drug-likeness (QED) is 0.283. The number of benzene rings is 3. The molecule has 3 N–H and O–H groups in total. The van der Waals surface area contributed by atoms with Crippen LogP contribution < -0.4 is 16.6 Å². The summed E-state index contributed by atoms with van der Waals surface area (Å²) in [7, 11) is 1.58. The van der Waals surface area contributed by atoms with Crippen LogP contribution in [0.1, 0.15) is 27.9 Å². The van der Waals surface area contributed by atoms with Gasteiger partial charge in [0.25, 0.3) is 11.5 Å². The maximum absolute atomic E-state index is 13.3. The van der Waals surface area contributed by atoms with Gasteiger partial charge in [-0.1, -0.05) is 47.5 Å². The van der Waals surface area contributed by atoms with Gasteiger partial charge in [-0.3, -0.25) is 14.2 Å². The Balaban J connectivity index is 1.62. The summed E-state index contributed by atoms with van der Waals surface area (Å²) in [6.07, 6.45) is 1.08. The third-order valence-electron chi connectivity index (χ3n) is 6.39. The van der Waals surface area contributed by atoms with Crippen molar-refractivity contribution >= 4 is 46.0 Å². The highest BCUT2D eigenvalue weighted by atomic mass is 35.5. The molecular weight excluding hydrogens is 545 g/mol. The smallest absolute Gasteiger partial charge is 0.335 e. The van der Waals surface area contributed by atoms with Crippen molar-refractivity contribution in [3.63, 3.8) is 0 Å². The third kappa shape index (κ3) is 5.90. The van der Waals surface area contributed by atoms with Crippen LogP contribution in [-0.4, -0.2) is 43.9 Å². The second-order valence-electron chi connectivity index (χ2n) is 8.99. The number of aliphatic carboxylic acids is 1. The summed E-state index contributed by atoms with van der Waals surface area (Å²) in [5.74, 6) is -1.98. The molecule has 0 aliphatic rings. The second kappa shape index (κ2) is 11.9. The highest BCUT2D eigenvalue weighted by molar-refractivity contribution is 6.39. The second-order valence-corrected chi connectivity index (χ2v) is 9.81. The third-order valence-corrected chi connectivity index (χ3v) is 7.02. The van der Waals surface area contributed by atoms with E-state index in [2.05, 4.69) is 5.32 Å². The lowest BCUT2D eigenvalue weighted by Gasteiger charge is -2.16. The normalized spacial score (nSPS) is 11.9. The van der Waals surface area contributed by atoms with Crippen LogP contribution in [0.25, 0.3) is 16.6 Å². The van der Waals surface area contributed by atoms with Gasteiger partial charge in [-0.2, -0.15) is 0 Å². The van der Waals surface area contributed by atoms with Crippen molar-refractivity contribution in [2.45, 2.75) is 25.3 Å². The molecule has 0 saturated heterocycles. The zero-order chi connectivity index (χ0) is 28.3. The van der Waals surface area contributed by atoms with E-state index in [-0.39, 0.29) is 28.6 Å². The molecule has 202 valence electrons. The first-order valence-electron chi connectivity index (χ1n) is 12.0. The monoisotopic (exact) mass is 569 g/mol. The number of carboxylic acids is 1. The van der Waals surface area contributed by atoms with Gasteiger partial charge in [0, 0.05) is 20.1 Å². The molecule has 4 rings (SSSR count). The van der Waals surface area contributed by atoms with Crippen molar-refractivity contribution in [3.8, 4) is 5.69 Å². The minimum atomic E-state index is -1.29. The van der Waals surface area contributed by atoms with Crippen molar-refractivity contribution in [2.24, 2.45) is 7.05 Å². The number of nitrogens with zero attached hydrogens (tertiary/aromatic N) is 2. The Hall–Kier alpha value is -3.92. The number of fused-ring (bicyclic) bond motifs is 1. The van der Waals surface area contributed by atoms with Crippen LogP contribution in [-0.2, 0) is 24.7 Å². The highest BCUT2D eigenvalue weighted by Crippen LogP contribution is 2.24. The van der Waals surface area contributed by atoms with E-state index in [0.717, 1.165) is 10.1 Å². The van der Waals surface area contributed by atoms with Crippen LogP contribution in [0.4, 0.5) is 0 Å². The van der Waals surface area contributed by atoms with Crippen molar-refractivity contribution < 1.29 is 19.8 Å². The van der Waals surface area contributed by atoms with Gasteiger partial charge in [-0.05, 0) is 60.4 Å². The fraction of sp³-hybridized carbons (Fsp3) is 0.214. The van der Waals surface area contributed by atoms with Crippen LogP contribution in [0.3, 0.4) is 0 Å². The zero-order valence-corrected chi connectivity index (χ0v) is 22.4. The fourth-order valence-corrected chi connectivity index (χ4v) is 4.90. The molecule has 39 heavy (non-hydrogen) atoms. The number of aromatic nitrogens is 2. The Morgan fingerprint density at radius 1 is 0.974 bits per heavy atom. The molecule has 0 saturated carbocycles. The lowest BCUT2D eigenvalue weighted by Crippen LogP contribution is -2.42. The number of aliphatic hydroxyl groups excluding tert-OH is 1. The van der Waals surface area contributed by atoms with Crippen LogP contribution in [0.2, 0.25) is 10.0 Å². The number of rotatable bonds is 9. The van der Waals surface area contributed by atoms with E-state index in [9.17, 15) is 24.3 Å². The van der Waals surface area contributed by atoms with Gasteiger partial charge in [-0.15, -0.1) is 0 Å². The Morgan fingerprint density at radius 2 is 1.62 bits per heavy atom. The number of hydrogen-bond donors (Lipinski definition) is 3. The van der Waals surface area contributed by atoms with Crippen LogP contribution in [0.15, 0.2) is 70.3 Å². The molecule has 9 nitrogen and oxygen atoms in total. The molecule has 11 heteroatoms. The van der Waals surface area contributed by atoms with Gasteiger partial charge < -0.3 is 15.5 Å². The molecule has 0 aliphatic heterocycles. The van der Waals surface area contributed by atoms with E-state index in [1.807, 2.05) is 6.07 Å². The molecule has 1 atom stereocenters. The first kappa shape index (κ1) is 28.1. The number of halogens is 2. The van der Waals surface area contributed by atoms with Crippen molar-refractivity contribution in [2.75, 3.05) is 6.61 Å². The molecule has 1 amide bonds. The SMILES string of the molecule is Cn1c(=O)n(-c2ccc(C[C@H](NC(=O)c3c(Cl)cccc3Cl)C(=O)O)cc2)c(=O)c2cc(CCCO)ccc21. The molecule has 0 spiro atoms. The van der Waals surface area contributed by atoms with Gasteiger partial charge in [0.1, 0.15) is 6.04 Å². The van der Waals surface area contributed by atoms with Gasteiger partial charge >= 0.3 is 11.7 Å². The molecule has 1 aromatic heterocycles. The Kier molecular flexibility index (Phi) is 8.54. The van der Waals surface area contributed by atoms with E-state index < -0.39 is 29.2 Å². The van der Waals surface area contributed by atoms with Crippen molar-refractivity contribution in [1.29, 1.82) is 0 Å². The average Bonchev–Trinajstić information content (AvgIpc) is 2.91. The summed E-state index contributed by atoms with van der Waals surface area (Å²) in [6, 6.07) is 14.8. The lowest BCUT2D eigenvalue weighted by atomic mass is 10.0. The summed E-state index contributed by atoms with van der Waals surface area (Å²) in [6.45, 7) is 0.0298. The molecule has 0 fully saturated rings. The van der Waals surface area contributed by atoms with E-state index in [1.165, 1.54) is 16.7 Å². The van der Waals surface area contributed by atoms with Crippen LogP contribution in [0, 0.1) is 0 Å². The van der Waals surface area contributed by atoms with Crippen LogP contribution >= 0.6 is 23.2 Å². The van der Waals surface area contributed by atoms with E-state index in [0.29, 0.717) is 35.0 Å². The van der Waals surface area contributed by atoms with Gasteiger partial charge in [-0.25, -0.2) is 14.2 Å². The number of carbonyl (C=O) groups excluding carboxylic acids is 1. The Bertz CT molecular complexity index is 1660. The number of aryl methyl sites for hydroxylation is 2. The summed E-state index contributed by atoms with van der Waals surface area (Å²) in [5, 5.41) is 21.8.